The molecule has 6 atom stereocenters. The summed E-state index contributed by atoms with van der Waals surface area (Å²) in [5.41, 5.74) is -2.17. The molecule has 0 bridgehead atoms. The summed E-state index contributed by atoms with van der Waals surface area (Å²) in [5, 5.41) is 2.25. The highest BCUT2D eigenvalue weighted by Gasteiger charge is 2.44. The van der Waals surface area contributed by atoms with Crippen LogP contribution in [0.2, 0.25) is 0 Å². The molecule has 0 saturated carbocycles. The normalized spacial score (nSPS) is 27.0. The van der Waals surface area contributed by atoms with Crippen LogP contribution in [0.1, 0.15) is 30.4 Å². The minimum Gasteiger partial charge on any atom is -0.355 e. The monoisotopic (exact) mass is 537 g/mol. The fraction of sp³-hybridized carbons (Fsp3) is 0.615. The van der Waals surface area contributed by atoms with Gasteiger partial charge in [0.05, 0.1) is 12.7 Å². The predicted octanol–water partition coefficient (Wildman–Crippen LogP) is -0.591. The molecule has 1 aliphatic heterocycles. The Morgan fingerprint density at radius 3 is 2.27 bits per heavy atom. The molecule has 0 radical (unpaired) electrons. The molecule has 6 N–H and O–H groups in total. The molecule has 33 heavy (non-hydrogen) atoms. The van der Waals surface area contributed by atoms with Crippen molar-refractivity contribution < 1.29 is 55.9 Å². The molecule has 2 rings (SSSR count). The third-order valence-electron chi connectivity index (χ3n) is 4.71. The first-order valence-corrected chi connectivity index (χ1v) is 13.5. The van der Waals surface area contributed by atoms with Gasteiger partial charge in [-0.15, -0.1) is 0 Å². The Morgan fingerprint density at radius 1 is 1.12 bits per heavy atom. The first-order valence-electron chi connectivity index (χ1n) is 8.97. The molecule has 0 aromatic carbocycles. The largest absolute Gasteiger partial charge is 0.490 e. The second-order valence-corrected chi connectivity index (χ2v) is 11.4. The highest BCUT2D eigenvalue weighted by Crippen LogP contribution is 2.66. The number of phosphoric ester groups is 1. The highest BCUT2D eigenvalue weighted by atomic mass is 31.3. The van der Waals surface area contributed by atoms with E-state index in [-0.39, 0.29) is 5.56 Å². The van der Waals surface area contributed by atoms with Gasteiger partial charge in [0.2, 0.25) is 0 Å². The molecular weight excluding hydrogens is 515 g/mol. The third-order valence-corrected chi connectivity index (χ3v) is 8.51. The standard InChI is InChI=1S/C13H22N3O14P3/c1-6-7(2)12(16-4-8(10(17)14-3)11(18)15-13(16)19)28-9(6)5-27-32(23,24)30-33(25,26)29-31(20,21)22/h4,6-7,9,12H,5H2,1-3H3,(H,14,17)(H,23,24)(H,25,26)(H,15,18,19)(H2,20,21,22)/t6-,7?,9-,12-/m1/s1. The first kappa shape index (κ1) is 27.8. The Balaban J connectivity index is 2.17. The van der Waals surface area contributed by atoms with Gasteiger partial charge in [0.1, 0.15) is 11.8 Å². The summed E-state index contributed by atoms with van der Waals surface area (Å²) in [6.45, 7) is 2.56. The summed E-state index contributed by atoms with van der Waals surface area (Å²) in [7, 11) is -15.3. The average Bonchev–Trinajstić information content (AvgIpc) is 2.91. The lowest BCUT2D eigenvalue weighted by Crippen LogP contribution is -2.38. The first-order chi connectivity index (χ1) is 15.0. The number of aromatic nitrogens is 2. The van der Waals surface area contributed by atoms with Crippen molar-refractivity contribution >= 4 is 29.4 Å². The summed E-state index contributed by atoms with van der Waals surface area (Å²) >= 11 is 0. The number of amides is 1. The molecule has 2 heterocycles. The minimum absolute atomic E-state index is 0.364. The van der Waals surface area contributed by atoms with Crippen molar-refractivity contribution in [1.29, 1.82) is 0 Å². The molecule has 1 saturated heterocycles. The van der Waals surface area contributed by atoms with E-state index in [0.29, 0.717) is 0 Å². The second kappa shape index (κ2) is 10.0. The van der Waals surface area contributed by atoms with E-state index in [4.69, 9.17) is 14.5 Å². The van der Waals surface area contributed by atoms with Crippen molar-refractivity contribution in [3.8, 4) is 0 Å². The summed E-state index contributed by atoms with van der Waals surface area (Å²) in [6, 6.07) is 0. The van der Waals surface area contributed by atoms with E-state index < -0.39 is 71.4 Å². The quantitative estimate of drug-likeness (QED) is 0.215. The molecule has 1 aromatic rings. The zero-order valence-corrected chi connectivity index (χ0v) is 19.9. The minimum atomic E-state index is -5.67. The number of aromatic amines is 1. The van der Waals surface area contributed by atoms with Gasteiger partial charge in [-0.1, -0.05) is 13.8 Å². The zero-order chi connectivity index (χ0) is 25.4. The molecule has 17 nitrogen and oxygen atoms in total. The van der Waals surface area contributed by atoms with Gasteiger partial charge >= 0.3 is 29.2 Å². The van der Waals surface area contributed by atoms with Crippen LogP contribution in [0.25, 0.3) is 0 Å². The van der Waals surface area contributed by atoms with Crippen LogP contribution >= 0.6 is 23.5 Å². The number of nitrogens with one attached hydrogen (secondary N) is 2. The van der Waals surface area contributed by atoms with Crippen molar-refractivity contribution in [2.24, 2.45) is 11.8 Å². The Bertz CT molecular complexity index is 1160. The van der Waals surface area contributed by atoms with Crippen LogP contribution in [0.15, 0.2) is 15.8 Å². The maximum Gasteiger partial charge on any atom is 0.490 e. The van der Waals surface area contributed by atoms with Crippen molar-refractivity contribution in [1.82, 2.24) is 14.9 Å². The molecule has 1 aromatic heterocycles. The Labute approximate surface area is 185 Å². The Kier molecular flexibility index (Phi) is 8.43. The van der Waals surface area contributed by atoms with Crippen LogP contribution in [0.4, 0.5) is 0 Å². The molecule has 1 aliphatic rings. The van der Waals surface area contributed by atoms with Crippen molar-refractivity contribution in [2.75, 3.05) is 13.7 Å². The van der Waals surface area contributed by atoms with Gasteiger partial charge in [-0.05, 0) is 5.92 Å². The number of carbonyl (C=O) groups excluding carboxylic acids is 1. The summed E-state index contributed by atoms with van der Waals surface area (Å²) in [4.78, 5) is 73.8. The number of nitrogens with zero attached hydrogens (tertiary/aromatic N) is 1. The zero-order valence-electron chi connectivity index (χ0n) is 17.3. The van der Waals surface area contributed by atoms with Crippen LogP contribution < -0.4 is 16.6 Å². The van der Waals surface area contributed by atoms with Crippen LogP contribution in [-0.2, 0) is 31.6 Å². The SMILES string of the molecule is CNC(=O)c1cn([C@@H]2O[C@H](COP(=O)(O)OP(=O)(O)OP(=O)(O)O)[C@H](C)C2C)c(=O)[nH]c1=O. The summed E-state index contributed by atoms with van der Waals surface area (Å²) < 4.78 is 52.4. The van der Waals surface area contributed by atoms with Gasteiger partial charge in [-0.3, -0.25) is 23.7 Å². The maximum atomic E-state index is 12.3. The molecular formula is C13H22N3O14P3. The van der Waals surface area contributed by atoms with E-state index in [1.807, 2.05) is 4.98 Å². The van der Waals surface area contributed by atoms with E-state index in [2.05, 4.69) is 18.5 Å². The Hall–Kier alpha value is -1.48. The lowest BCUT2D eigenvalue weighted by molar-refractivity contribution is -0.0370. The van der Waals surface area contributed by atoms with Gasteiger partial charge in [-0.25, -0.2) is 18.5 Å². The van der Waals surface area contributed by atoms with Crippen molar-refractivity contribution in [3.63, 3.8) is 0 Å². The summed E-state index contributed by atoms with van der Waals surface area (Å²) in [5.74, 6) is -1.67. The van der Waals surface area contributed by atoms with E-state index in [1.54, 1.807) is 13.8 Å². The number of ether oxygens (including phenoxy) is 1. The average molecular weight is 537 g/mol. The number of hydrogen-bond acceptors (Lipinski definition) is 10. The molecule has 1 amide bonds. The van der Waals surface area contributed by atoms with Crippen LogP contribution in [0.5, 0.6) is 0 Å². The third kappa shape index (κ3) is 7.25. The van der Waals surface area contributed by atoms with Crippen LogP contribution in [0.3, 0.4) is 0 Å². The number of H-pyrrole nitrogens is 1. The van der Waals surface area contributed by atoms with Crippen LogP contribution in [-0.4, -0.2) is 54.8 Å². The van der Waals surface area contributed by atoms with Crippen molar-refractivity contribution in [3.05, 3.63) is 32.6 Å². The molecule has 0 spiro atoms. The lowest BCUT2D eigenvalue weighted by atomic mass is 9.93. The topological polar surface area (TPSA) is 253 Å². The number of hydrogen-bond donors (Lipinski definition) is 6. The number of phosphoric acid groups is 3. The predicted molar refractivity (Wildman–Crippen MR) is 107 cm³/mol. The second-order valence-electron chi connectivity index (χ2n) is 6.96. The highest BCUT2D eigenvalue weighted by molar-refractivity contribution is 7.66. The van der Waals surface area contributed by atoms with Gasteiger partial charge in [0, 0.05) is 19.2 Å². The van der Waals surface area contributed by atoms with Gasteiger partial charge in [-0.2, -0.15) is 8.62 Å². The molecule has 1 fully saturated rings. The summed E-state index contributed by atoms with van der Waals surface area (Å²) in [6.07, 6.45) is -1.03. The smallest absolute Gasteiger partial charge is 0.355 e. The van der Waals surface area contributed by atoms with E-state index in [9.17, 15) is 37.9 Å². The molecule has 3 unspecified atom stereocenters. The van der Waals surface area contributed by atoms with Crippen LogP contribution in [0, 0.1) is 11.8 Å². The maximum absolute atomic E-state index is 12.3. The number of carbonyl (C=O) groups is 1. The van der Waals surface area contributed by atoms with Gasteiger partial charge < -0.3 is 29.6 Å². The van der Waals surface area contributed by atoms with E-state index >= 15 is 0 Å². The van der Waals surface area contributed by atoms with Crippen molar-refractivity contribution in [2.45, 2.75) is 26.2 Å². The lowest BCUT2D eigenvalue weighted by Gasteiger charge is -2.20. The van der Waals surface area contributed by atoms with E-state index in [0.717, 1.165) is 10.8 Å². The molecule has 188 valence electrons. The van der Waals surface area contributed by atoms with Gasteiger partial charge in [0.15, 0.2) is 0 Å². The number of rotatable bonds is 9. The fourth-order valence-corrected chi connectivity index (χ4v) is 6.01. The van der Waals surface area contributed by atoms with E-state index in [1.165, 1.54) is 7.05 Å². The molecule has 0 aliphatic carbocycles. The Morgan fingerprint density at radius 2 is 1.73 bits per heavy atom. The molecule has 20 heteroatoms. The van der Waals surface area contributed by atoms with Gasteiger partial charge in [0.25, 0.3) is 11.5 Å². The fourth-order valence-electron chi connectivity index (χ4n) is 2.98.